The number of aromatic nitrogens is 3. The molecule has 4 aromatic rings. The first kappa shape index (κ1) is 29.2. The highest BCUT2D eigenvalue weighted by Crippen LogP contribution is 2.60. The van der Waals surface area contributed by atoms with Crippen LogP contribution in [-0.4, -0.2) is 40.5 Å². The van der Waals surface area contributed by atoms with Gasteiger partial charge in [-0.2, -0.15) is 0 Å². The van der Waals surface area contributed by atoms with Gasteiger partial charge >= 0.3 is 0 Å². The number of nitrogens with zero attached hydrogens (tertiary/aromatic N) is 4. The molecular weight excluding hydrogens is 662 g/mol. The van der Waals surface area contributed by atoms with Crippen LogP contribution in [0.15, 0.2) is 85.1 Å². The number of para-hydroxylation sites is 1. The minimum atomic E-state index is -3.27. The quantitative estimate of drug-likeness (QED) is 0.132. The van der Waals surface area contributed by atoms with Gasteiger partial charge in [-0.25, -0.2) is 0 Å². The Balaban J connectivity index is 1.27. The van der Waals surface area contributed by atoms with Crippen LogP contribution in [0.3, 0.4) is 0 Å². The number of fused-ring (bicyclic) bond motifs is 2. The maximum Gasteiger partial charge on any atom is 0.264 e. The van der Waals surface area contributed by atoms with Crippen molar-refractivity contribution in [2.45, 2.75) is 62.9 Å². The van der Waals surface area contributed by atoms with Gasteiger partial charge in [0, 0.05) is 27.1 Å². The van der Waals surface area contributed by atoms with Gasteiger partial charge < -0.3 is 18.9 Å². The average molecular weight is 697 g/mol. The van der Waals surface area contributed by atoms with Gasteiger partial charge in [-0.1, -0.05) is 72.8 Å². The van der Waals surface area contributed by atoms with Crippen LogP contribution in [0.2, 0.25) is 18.6 Å². The second kappa shape index (κ2) is 11.3. The van der Waals surface area contributed by atoms with Crippen LogP contribution in [0, 0.1) is 9.49 Å². The molecule has 3 heterocycles. The van der Waals surface area contributed by atoms with Crippen molar-refractivity contribution in [1.82, 2.24) is 15.0 Å². The highest BCUT2D eigenvalue weighted by molar-refractivity contribution is 14.1. The van der Waals surface area contributed by atoms with E-state index < -0.39 is 31.8 Å². The summed E-state index contributed by atoms with van der Waals surface area (Å²) in [5.41, 5.74) is 2.19. The van der Waals surface area contributed by atoms with Crippen molar-refractivity contribution in [3.63, 3.8) is 0 Å². The molecule has 0 saturated carbocycles. The van der Waals surface area contributed by atoms with E-state index in [0.29, 0.717) is 25.2 Å². The summed E-state index contributed by atoms with van der Waals surface area (Å²) in [6.07, 6.45) is 0.821. The van der Waals surface area contributed by atoms with Crippen molar-refractivity contribution in [2.75, 3.05) is 4.90 Å². The number of halogens is 2. The summed E-state index contributed by atoms with van der Waals surface area (Å²) in [5.74, 6) is -0.481. The molecule has 1 N–H and O–H groups in total. The van der Waals surface area contributed by atoms with Gasteiger partial charge in [-0.05, 0) is 71.4 Å². The van der Waals surface area contributed by atoms with E-state index in [1.165, 1.54) is 0 Å². The Morgan fingerprint density at radius 2 is 1.76 bits per heavy atom. The Labute approximate surface area is 260 Å². The SMILES string of the molecule is C[C@@H]1[C@@H]([Si](C)(C)F)[C@H](CCn2cc([C@H](O)c3ccccc3)nn2)O[C@@]12C(=O)N(Cc1ccc(I)cc1)c1ccccc12. The number of aryl methyl sites for hydroxylation is 1. The van der Waals surface area contributed by atoms with Crippen LogP contribution >= 0.6 is 22.6 Å². The molecule has 2 aliphatic rings. The first-order chi connectivity index (χ1) is 20.1. The summed E-state index contributed by atoms with van der Waals surface area (Å²) in [5, 5.41) is 19.2. The molecule has 0 unspecified atom stereocenters. The van der Waals surface area contributed by atoms with E-state index in [4.69, 9.17) is 4.74 Å². The van der Waals surface area contributed by atoms with Gasteiger partial charge in [0.2, 0.25) is 8.41 Å². The zero-order valence-corrected chi connectivity index (χ0v) is 27.0. The standard InChI is InChI=1S/C32H34FIN4O3Si/c1-21-30(42(2,3)33)28(17-18-37-20-26(35-36-37)29(39)23-9-5-4-6-10-23)41-32(21)25-11-7-8-12-27(25)38(31(32)40)19-22-13-15-24(34)16-14-22/h4-16,20-21,28-30,39H,17-19H2,1-3H3/t21-,28+,29-,30-,32+/m1/s1. The number of ether oxygens (including phenoxy) is 1. The molecule has 2 aliphatic heterocycles. The van der Waals surface area contributed by atoms with E-state index in [2.05, 4.69) is 32.9 Å². The Kier molecular flexibility index (Phi) is 7.84. The largest absolute Gasteiger partial charge is 0.382 e. The van der Waals surface area contributed by atoms with Crippen molar-refractivity contribution in [2.24, 2.45) is 5.92 Å². The number of carbonyl (C=O) groups is 1. The molecule has 7 nitrogen and oxygen atoms in total. The molecule has 5 atom stereocenters. The second-order valence-electron chi connectivity index (χ2n) is 11.8. The predicted molar refractivity (Wildman–Crippen MR) is 170 cm³/mol. The Morgan fingerprint density at radius 3 is 2.48 bits per heavy atom. The minimum absolute atomic E-state index is 0.130. The number of anilines is 1. The van der Waals surface area contributed by atoms with Crippen molar-refractivity contribution >= 4 is 42.6 Å². The number of benzene rings is 3. The van der Waals surface area contributed by atoms with E-state index >= 15 is 4.11 Å². The fourth-order valence-electron chi connectivity index (χ4n) is 6.81. The van der Waals surface area contributed by atoms with Crippen LogP contribution in [-0.2, 0) is 28.2 Å². The third-order valence-electron chi connectivity index (χ3n) is 8.72. The Bertz CT molecular complexity index is 1580. The van der Waals surface area contributed by atoms with Gasteiger partial charge in [0.15, 0.2) is 5.60 Å². The van der Waals surface area contributed by atoms with Gasteiger partial charge in [0.25, 0.3) is 5.91 Å². The molecule has 1 fully saturated rings. The third-order valence-corrected chi connectivity index (χ3v) is 11.9. The summed E-state index contributed by atoms with van der Waals surface area (Å²) in [4.78, 5) is 16.2. The van der Waals surface area contributed by atoms with E-state index in [-0.39, 0.29) is 11.8 Å². The molecule has 1 amide bonds. The number of aliphatic hydroxyl groups excluding tert-OH is 1. The van der Waals surface area contributed by atoms with Crippen molar-refractivity contribution in [1.29, 1.82) is 0 Å². The number of aliphatic hydroxyl groups is 1. The zero-order chi connectivity index (χ0) is 29.6. The maximum absolute atomic E-state index is 16.1. The molecule has 10 heteroatoms. The van der Waals surface area contributed by atoms with E-state index in [1.54, 1.807) is 28.9 Å². The smallest absolute Gasteiger partial charge is 0.264 e. The predicted octanol–water partition coefficient (Wildman–Crippen LogP) is 6.38. The van der Waals surface area contributed by atoms with Crippen LogP contribution < -0.4 is 4.90 Å². The number of hydrogen-bond donors (Lipinski definition) is 1. The minimum Gasteiger partial charge on any atom is -0.382 e. The summed E-state index contributed by atoms with van der Waals surface area (Å²) < 4.78 is 25.7. The van der Waals surface area contributed by atoms with Gasteiger partial charge in [0.1, 0.15) is 11.8 Å². The monoisotopic (exact) mass is 696 g/mol. The molecule has 1 spiro atoms. The molecule has 1 aromatic heterocycles. The molecule has 3 aromatic carbocycles. The van der Waals surface area contributed by atoms with E-state index in [9.17, 15) is 9.90 Å². The molecule has 218 valence electrons. The molecule has 6 rings (SSSR count). The number of hydrogen-bond acceptors (Lipinski definition) is 5. The fourth-order valence-corrected chi connectivity index (χ4v) is 9.72. The number of amides is 1. The summed E-state index contributed by atoms with van der Waals surface area (Å²) in [6, 6.07) is 25.2. The molecule has 0 radical (unpaired) electrons. The molecule has 42 heavy (non-hydrogen) atoms. The Morgan fingerprint density at radius 1 is 1.07 bits per heavy atom. The third kappa shape index (κ3) is 5.12. The first-order valence-corrected chi connectivity index (χ1v) is 18.3. The van der Waals surface area contributed by atoms with Crippen LogP contribution in [0.4, 0.5) is 9.80 Å². The lowest BCUT2D eigenvalue weighted by molar-refractivity contribution is -0.146. The van der Waals surface area contributed by atoms with E-state index in [1.807, 2.05) is 85.8 Å². The van der Waals surface area contributed by atoms with Crippen LogP contribution in [0.5, 0.6) is 0 Å². The van der Waals surface area contributed by atoms with Crippen LogP contribution in [0.25, 0.3) is 0 Å². The second-order valence-corrected chi connectivity index (χ2v) is 16.9. The van der Waals surface area contributed by atoms with Crippen molar-refractivity contribution in [3.05, 3.63) is 111 Å². The molecular formula is C32H34FIN4O3Si. The topological polar surface area (TPSA) is 80.5 Å². The van der Waals surface area contributed by atoms with Gasteiger partial charge in [-0.15, -0.1) is 5.10 Å². The van der Waals surface area contributed by atoms with Crippen LogP contribution in [0.1, 0.15) is 41.8 Å². The summed E-state index contributed by atoms with van der Waals surface area (Å²) in [7, 11) is -3.27. The zero-order valence-electron chi connectivity index (χ0n) is 23.8. The summed E-state index contributed by atoms with van der Waals surface area (Å²) in [6.45, 7) is 6.24. The maximum atomic E-state index is 16.1. The lowest BCUT2D eigenvalue weighted by Crippen LogP contribution is -2.45. The van der Waals surface area contributed by atoms with Gasteiger partial charge in [-0.3, -0.25) is 9.48 Å². The highest BCUT2D eigenvalue weighted by atomic mass is 127. The average Bonchev–Trinajstić information content (AvgIpc) is 3.64. The van der Waals surface area contributed by atoms with Crippen molar-refractivity contribution in [3.8, 4) is 0 Å². The molecule has 1 saturated heterocycles. The molecule has 0 aliphatic carbocycles. The number of carbonyl (C=O) groups excluding carboxylic acids is 1. The lowest BCUT2D eigenvalue weighted by Gasteiger charge is -2.31. The number of rotatable bonds is 8. The summed E-state index contributed by atoms with van der Waals surface area (Å²) >= 11 is 2.27. The van der Waals surface area contributed by atoms with Gasteiger partial charge in [0.05, 0.1) is 24.5 Å². The van der Waals surface area contributed by atoms with Crippen molar-refractivity contribution < 1.29 is 18.7 Å². The first-order valence-electron chi connectivity index (χ1n) is 14.3. The Hall–Kier alpha value is -2.93. The van der Waals surface area contributed by atoms with E-state index in [0.717, 1.165) is 25.9 Å². The fraction of sp³-hybridized carbons (Fsp3) is 0.344. The highest BCUT2D eigenvalue weighted by Gasteiger charge is 2.66. The molecule has 0 bridgehead atoms. The normalized spacial score (nSPS) is 24.4. The lowest BCUT2D eigenvalue weighted by atomic mass is 9.82.